The maximum Gasteiger partial charge on any atom is 0.203 e. The summed E-state index contributed by atoms with van der Waals surface area (Å²) in [5, 5.41) is 9.09. The summed E-state index contributed by atoms with van der Waals surface area (Å²) < 4.78 is 12.3. The summed E-state index contributed by atoms with van der Waals surface area (Å²) in [5.41, 5.74) is -1.24. The molecule has 1 nitrogen and oxygen atoms in total. The predicted molar refractivity (Wildman–Crippen MR) is 42.2 cm³/mol. The van der Waals surface area contributed by atoms with Crippen LogP contribution in [0.2, 0.25) is 0 Å². The second kappa shape index (κ2) is 3.69. The van der Waals surface area contributed by atoms with E-state index in [1.807, 2.05) is 0 Å². The number of hydrogen-bond acceptors (Lipinski definition) is 1. The molecule has 1 N–H and O–H groups in total. The van der Waals surface area contributed by atoms with Gasteiger partial charge >= 0.3 is 0 Å². The van der Waals surface area contributed by atoms with Crippen molar-refractivity contribution in [2.45, 2.75) is 11.7 Å². The minimum atomic E-state index is -1.74. The number of halogens is 2. The monoisotopic (exact) mass is 174 g/mol. The molecule has 1 aromatic rings. The van der Waals surface area contributed by atoms with Crippen LogP contribution in [0, 0.1) is 0 Å². The van der Waals surface area contributed by atoms with Gasteiger partial charge in [0.2, 0.25) is 5.63 Å². The van der Waals surface area contributed by atoms with E-state index in [4.69, 9.17) is 16.7 Å². The smallest absolute Gasteiger partial charge is 0.203 e. The van der Waals surface area contributed by atoms with Crippen LogP contribution in [0.1, 0.15) is 11.7 Å². The molecule has 0 saturated heterocycles. The fourth-order valence-corrected chi connectivity index (χ4v) is 0.941. The van der Waals surface area contributed by atoms with Crippen molar-refractivity contribution >= 4 is 11.6 Å². The Bertz CT molecular complexity index is 213. The number of benzene rings is 1. The maximum absolute atomic E-state index is 12.3. The minimum absolute atomic E-state index is 0.495. The molecule has 0 aromatic heterocycles. The molecular weight excluding hydrogens is 167 g/mol. The van der Waals surface area contributed by atoms with Gasteiger partial charge in [-0.25, -0.2) is 4.39 Å². The minimum Gasteiger partial charge on any atom is -0.384 e. The van der Waals surface area contributed by atoms with Gasteiger partial charge in [-0.3, -0.25) is 0 Å². The van der Waals surface area contributed by atoms with Crippen molar-refractivity contribution in [3.63, 3.8) is 0 Å². The molecular formula is C8H8ClFO. The van der Waals surface area contributed by atoms with Crippen LogP contribution < -0.4 is 0 Å². The van der Waals surface area contributed by atoms with Gasteiger partial charge in [-0.1, -0.05) is 41.9 Å². The fraction of sp³-hybridized carbons (Fsp3) is 0.250. The molecule has 0 bridgehead atoms. The van der Waals surface area contributed by atoms with E-state index in [1.165, 1.54) is 0 Å². The van der Waals surface area contributed by atoms with Crippen molar-refractivity contribution in [1.82, 2.24) is 0 Å². The van der Waals surface area contributed by atoms with Gasteiger partial charge in [0.25, 0.3) is 0 Å². The van der Waals surface area contributed by atoms with E-state index in [0.717, 1.165) is 0 Å². The van der Waals surface area contributed by atoms with Crippen molar-refractivity contribution in [1.29, 1.82) is 0 Å². The van der Waals surface area contributed by atoms with Crippen LogP contribution in [0.15, 0.2) is 30.3 Å². The van der Waals surface area contributed by atoms with Crippen molar-refractivity contribution in [3.8, 4) is 0 Å². The van der Waals surface area contributed by atoms with Gasteiger partial charge in [0.15, 0.2) is 0 Å². The lowest BCUT2D eigenvalue weighted by molar-refractivity contribution is 0.120. The lowest BCUT2D eigenvalue weighted by Crippen LogP contribution is -2.06. The molecule has 0 aliphatic rings. The van der Waals surface area contributed by atoms with Gasteiger partial charge in [-0.15, -0.1) is 0 Å². The number of rotatable bonds is 2. The third-order valence-electron chi connectivity index (χ3n) is 1.38. The maximum atomic E-state index is 12.3. The van der Waals surface area contributed by atoms with Crippen molar-refractivity contribution < 1.29 is 9.50 Å². The molecule has 0 amide bonds. The number of aliphatic hydroxyl groups excluding tert-OH is 1. The summed E-state index contributed by atoms with van der Waals surface area (Å²) in [5.74, 6) is 0. The number of alkyl halides is 2. The van der Waals surface area contributed by atoms with Crippen molar-refractivity contribution in [3.05, 3.63) is 35.9 Å². The zero-order valence-electron chi connectivity index (χ0n) is 5.74. The lowest BCUT2D eigenvalue weighted by atomic mass is 10.1. The van der Waals surface area contributed by atoms with E-state index in [1.54, 1.807) is 30.3 Å². The topological polar surface area (TPSA) is 20.2 Å². The fourth-order valence-electron chi connectivity index (χ4n) is 0.796. The predicted octanol–water partition coefficient (Wildman–Crippen LogP) is 2.25. The Labute approximate surface area is 69.4 Å². The molecule has 0 aliphatic heterocycles. The van der Waals surface area contributed by atoms with Gasteiger partial charge in [0.1, 0.15) is 6.10 Å². The molecule has 0 radical (unpaired) electrons. The Balaban J connectivity index is 2.77. The van der Waals surface area contributed by atoms with Crippen LogP contribution in [0.5, 0.6) is 0 Å². The average molecular weight is 175 g/mol. The standard InChI is InChI=1S/C8H8ClFO/c9-8(10)7(11)6-4-2-1-3-5-6/h1-5,7-8,11H/t7-,8?/m0/s1. The highest BCUT2D eigenvalue weighted by atomic mass is 35.5. The first-order valence-corrected chi connectivity index (χ1v) is 3.66. The molecule has 1 unspecified atom stereocenters. The molecule has 0 saturated carbocycles. The summed E-state index contributed by atoms with van der Waals surface area (Å²) in [7, 11) is 0. The third-order valence-corrected chi connectivity index (χ3v) is 1.62. The Hall–Kier alpha value is -0.600. The molecule has 0 spiro atoms. The van der Waals surface area contributed by atoms with E-state index in [0.29, 0.717) is 5.56 Å². The Kier molecular flexibility index (Phi) is 2.85. The Morgan fingerprint density at radius 2 is 1.82 bits per heavy atom. The highest BCUT2D eigenvalue weighted by Crippen LogP contribution is 2.20. The summed E-state index contributed by atoms with van der Waals surface area (Å²) in [6.45, 7) is 0. The summed E-state index contributed by atoms with van der Waals surface area (Å²) in [6, 6.07) is 8.48. The van der Waals surface area contributed by atoms with Crippen LogP contribution in [-0.2, 0) is 0 Å². The molecule has 2 atom stereocenters. The van der Waals surface area contributed by atoms with Crippen LogP contribution in [0.4, 0.5) is 4.39 Å². The number of hydrogen-bond donors (Lipinski definition) is 1. The molecule has 1 aromatic carbocycles. The molecule has 0 heterocycles. The summed E-state index contributed by atoms with van der Waals surface area (Å²) >= 11 is 5.05. The molecule has 0 aliphatic carbocycles. The second-order valence-electron chi connectivity index (χ2n) is 2.19. The van der Waals surface area contributed by atoms with Crippen molar-refractivity contribution in [2.24, 2.45) is 0 Å². The van der Waals surface area contributed by atoms with Gasteiger partial charge in [-0.2, -0.15) is 0 Å². The van der Waals surface area contributed by atoms with Gasteiger partial charge in [0, 0.05) is 0 Å². The van der Waals surface area contributed by atoms with Crippen LogP contribution in [0.25, 0.3) is 0 Å². The lowest BCUT2D eigenvalue weighted by Gasteiger charge is -2.09. The highest BCUT2D eigenvalue weighted by molar-refractivity contribution is 6.20. The zero-order valence-corrected chi connectivity index (χ0v) is 6.50. The molecule has 3 heteroatoms. The van der Waals surface area contributed by atoms with Crippen LogP contribution in [0.3, 0.4) is 0 Å². The van der Waals surface area contributed by atoms with E-state index in [9.17, 15) is 4.39 Å². The van der Waals surface area contributed by atoms with Gasteiger partial charge in [0.05, 0.1) is 0 Å². The van der Waals surface area contributed by atoms with E-state index < -0.39 is 11.7 Å². The average Bonchev–Trinajstić information content (AvgIpc) is 2.05. The SMILES string of the molecule is O[C@@H](c1ccccc1)C(F)Cl. The second-order valence-corrected chi connectivity index (χ2v) is 2.61. The Morgan fingerprint density at radius 1 is 1.27 bits per heavy atom. The summed E-state index contributed by atoms with van der Waals surface area (Å²) in [6.07, 6.45) is -1.22. The first-order valence-electron chi connectivity index (χ1n) is 3.23. The third kappa shape index (κ3) is 2.17. The van der Waals surface area contributed by atoms with Crippen LogP contribution >= 0.6 is 11.6 Å². The van der Waals surface area contributed by atoms with E-state index >= 15 is 0 Å². The largest absolute Gasteiger partial charge is 0.384 e. The van der Waals surface area contributed by atoms with Crippen molar-refractivity contribution in [2.75, 3.05) is 0 Å². The van der Waals surface area contributed by atoms with E-state index in [2.05, 4.69) is 0 Å². The number of aliphatic hydroxyl groups is 1. The molecule has 11 heavy (non-hydrogen) atoms. The quantitative estimate of drug-likeness (QED) is 0.682. The first kappa shape index (κ1) is 8.50. The van der Waals surface area contributed by atoms with Gasteiger partial charge in [-0.05, 0) is 5.56 Å². The Morgan fingerprint density at radius 3 is 2.27 bits per heavy atom. The first-order chi connectivity index (χ1) is 5.22. The van der Waals surface area contributed by atoms with E-state index in [-0.39, 0.29) is 0 Å². The highest BCUT2D eigenvalue weighted by Gasteiger charge is 2.15. The molecule has 60 valence electrons. The summed E-state index contributed by atoms with van der Waals surface area (Å²) in [4.78, 5) is 0. The van der Waals surface area contributed by atoms with Crippen LogP contribution in [-0.4, -0.2) is 10.7 Å². The molecule has 1 rings (SSSR count). The normalized spacial score (nSPS) is 15.9. The zero-order chi connectivity index (χ0) is 8.27. The van der Waals surface area contributed by atoms with Gasteiger partial charge < -0.3 is 5.11 Å². The molecule has 0 fully saturated rings.